The zero-order chi connectivity index (χ0) is 23.8. The van der Waals surface area contributed by atoms with Gasteiger partial charge in [0.2, 0.25) is 15.9 Å². The fourth-order valence-electron chi connectivity index (χ4n) is 7.53. The average Bonchev–Trinajstić information content (AvgIpc) is 3.04. The number of aryl methyl sites for hydroxylation is 2. The van der Waals surface area contributed by atoms with Crippen molar-refractivity contribution in [2.45, 2.75) is 70.2 Å². The van der Waals surface area contributed by atoms with Gasteiger partial charge in [0.1, 0.15) is 17.0 Å². The Morgan fingerprint density at radius 1 is 1.09 bits per heavy atom. The van der Waals surface area contributed by atoms with Gasteiger partial charge in [-0.2, -0.15) is 9.40 Å². The second-order valence-corrected chi connectivity index (χ2v) is 12.9. The molecular formula is C24H32N6O3S. The van der Waals surface area contributed by atoms with Crippen LogP contribution in [0.2, 0.25) is 0 Å². The number of aromatic nitrogens is 4. The van der Waals surface area contributed by atoms with Gasteiger partial charge in [-0.05, 0) is 76.5 Å². The molecule has 4 bridgehead atoms. The first-order valence-corrected chi connectivity index (χ1v) is 13.7. The number of hydrogen-bond acceptors (Lipinski definition) is 6. The minimum absolute atomic E-state index is 0.101. The predicted molar refractivity (Wildman–Crippen MR) is 125 cm³/mol. The summed E-state index contributed by atoms with van der Waals surface area (Å²) in [4.78, 5) is 22.6. The van der Waals surface area contributed by atoms with Crippen LogP contribution in [0.5, 0.6) is 0 Å². The highest BCUT2D eigenvalue weighted by Crippen LogP contribution is 2.60. The van der Waals surface area contributed by atoms with E-state index in [1.54, 1.807) is 25.6 Å². The molecule has 5 aliphatic rings. The SMILES string of the molecule is Cc1nn(C)c(C)c1S(=O)(=O)N1CCc2c(ncnc2NC(=O)C23CC4CC(CC(C4)C2)C3)C1. The summed E-state index contributed by atoms with van der Waals surface area (Å²) in [5.41, 5.74) is 2.37. The molecule has 0 aromatic carbocycles. The number of nitrogens with zero attached hydrogens (tertiary/aromatic N) is 5. The Bertz CT molecular complexity index is 1250. The van der Waals surface area contributed by atoms with Crippen LogP contribution in [-0.2, 0) is 34.8 Å². The van der Waals surface area contributed by atoms with Crippen LogP contribution in [-0.4, -0.2) is 44.9 Å². The molecule has 0 saturated heterocycles. The summed E-state index contributed by atoms with van der Waals surface area (Å²) in [6.07, 6.45) is 8.74. The minimum Gasteiger partial charge on any atom is -0.310 e. The van der Waals surface area contributed by atoms with Gasteiger partial charge in [0.25, 0.3) is 0 Å². The summed E-state index contributed by atoms with van der Waals surface area (Å²) in [5, 5.41) is 7.44. The molecule has 0 spiro atoms. The third-order valence-electron chi connectivity index (χ3n) is 8.76. The zero-order valence-electron chi connectivity index (χ0n) is 20.0. The third-order valence-corrected chi connectivity index (χ3v) is 10.9. The lowest BCUT2D eigenvalue weighted by molar-refractivity contribution is -0.140. The number of carbonyl (C=O) groups excluding carboxylic acids is 1. The van der Waals surface area contributed by atoms with E-state index in [2.05, 4.69) is 20.4 Å². The van der Waals surface area contributed by atoms with Crippen LogP contribution in [0.4, 0.5) is 5.82 Å². The number of nitrogens with one attached hydrogen (secondary N) is 1. The second-order valence-electron chi connectivity index (χ2n) is 11.0. The van der Waals surface area contributed by atoms with Crippen molar-refractivity contribution in [1.29, 1.82) is 0 Å². The van der Waals surface area contributed by atoms with Crippen LogP contribution in [0.15, 0.2) is 11.2 Å². The molecule has 1 N–H and O–H groups in total. The van der Waals surface area contributed by atoms with Gasteiger partial charge in [-0.1, -0.05) is 0 Å². The smallest absolute Gasteiger partial charge is 0.247 e. The van der Waals surface area contributed by atoms with Crippen molar-refractivity contribution in [1.82, 2.24) is 24.1 Å². The van der Waals surface area contributed by atoms with Crippen molar-refractivity contribution in [3.63, 3.8) is 0 Å². The summed E-state index contributed by atoms with van der Waals surface area (Å²) in [6, 6.07) is 0. The third kappa shape index (κ3) is 3.32. The topological polar surface area (TPSA) is 110 Å². The van der Waals surface area contributed by atoms with Crippen molar-refractivity contribution in [2.24, 2.45) is 30.2 Å². The number of rotatable bonds is 4. The maximum atomic E-state index is 13.6. The van der Waals surface area contributed by atoms with Gasteiger partial charge in [0.05, 0.1) is 29.0 Å². The van der Waals surface area contributed by atoms with Crippen LogP contribution in [0.3, 0.4) is 0 Å². The first-order valence-electron chi connectivity index (χ1n) is 12.3. The molecule has 0 unspecified atom stereocenters. The molecule has 10 heteroatoms. The van der Waals surface area contributed by atoms with E-state index in [1.165, 1.54) is 29.9 Å². The van der Waals surface area contributed by atoms with Crippen molar-refractivity contribution < 1.29 is 13.2 Å². The first-order chi connectivity index (χ1) is 16.2. The Kier molecular flexibility index (Phi) is 4.94. The summed E-state index contributed by atoms with van der Waals surface area (Å²) in [7, 11) is -1.96. The summed E-state index contributed by atoms with van der Waals surface area (Å²) < 4.78 is 29.9. The van der Waals surface area contributed by atoms with Gasteiger partial charge in [-0.3, -0.25) is 9.48 Å². The van der Waals surface area contributed by atoms with Gasteiger partial charge in [-0.25, -0.2) is 18.4 Å². The minimum atomic E-state index is -3.71. The maximum Gasteiger partial charge on any atom is 0.247 e. The van der Waals surface area contributed by atoms with Crippen molar-refractivity contribution >= 4 is 21.7 Å². The highest BCUT2D eigenvalue weighted by molar-refractivity contribution is 7.89. The van der Waals surface area contributed by atoms with Gasteiger partial charge in [-0.15, -0.1) is 0 Å². The standard InChI is InChI=1S/C24H32N6O3S/c1-14-21(15(2)29(3)28-14)34(32,33)30-5-4-19-20(12-30)25-13-26-22(19)27-23(31)24-9-16-6-17(10-24)8-18(7-16)11-24/h13,16-18H,4-12H2,1-3H3,(H,25,26,27,31). The second kappa shape index (κ2) is 7.58. The number of amides is 1. The Balaban J connectivity index is 1.24. The van der Waals surface area contributed by atoms with Crippen LogP contribution in [0.25, 0.3) is 0 Å². The summed E-state index contributed by atoms with van der Waals surface area (Å²) >= 11 is 0. The molecule has 0 atom stereocenters. The molecule has 9 nitrogen and oxygen atoms in total. The highest BCUT2D eigenvalue weighted by atomic mass is 32.2. The van der Waals surface area contributed by atoms with E-state index in [0.29, 0.717) is 53.6 Å². The fourth-order valence-corrected chi connectivity index (χ4v) is 9.33. The molecule has 0 radical (unpaired) electrons. The highest BCUT2D eigenvalue weighted by Gasteiger charge is 2.54. The Hall–Kier alpha value is -2.33. The molecule has 1 aliphatic heterocycles. The normalized spacial score (nSPS) is 30.4. The van der Waals surface area contributed by atoms with Crippen molar-refractivity contribution in [2.75, 3.05) is 11.9 Å². The Labute approximate surface area is 200 Å². The van der Waals surface area contributed by atoms with Crippen molar-refractivity contribution in [3.8, 4) is 0 Å². The number of fused-ring (bicyclic) bond motifs is 1. The fraction of sp³-hybridized carbons (Fsp3) is 0.667. The van der Waals surface area contributed by atoms with E-state index < -0.39 is 10.0 Å². The molecule has 4 saturated carbocycles. The maximum absolute atomic E-state index is 13.6. The molecule has 34 heavy (non-hydrogen) atoms. The molecule has 2 aromatic rings. The summed E-state index contributed by atoms with van der Waals surface area (Å²) in [6.45, 7) is 3.97. The quantitative estimate of drug-likeness (QED) is 0.715. The van der Waals surface area contributed by atoms with E-state index in [-0.39, 0.29) is 22.8 Å². The molecule has 7 rings (SSSR count). The largest absolute Gasteiger partial charge is 0.310 e. The van der Waals surface area contributed by atoms with Crippen LogP contribution < -0.4 is 5.32 Å². The number of hydrogen-bond donors (Lipinski definition) is 1. The molecule has 4 aliphatic carbocycles. The molecule has 1 amide bonds. The zero-order valence-corrected chi connectivity index (χ0v) is 20.9. The van der Waals surface area contributed by atoms with E-state index in [1.807, 2.05) is 0 Å². The lowest BCUT2D eigenvalue weighted by Gasteiger charge is -2.55. The first kappa shape index (κ1) is 22.2. The van der Waals surface area contributed by atoms with Gasteiger partial charge >= 0.3 is 0 Å². The predicted octanol–water partition coefficient (Wildman–Crippen LogP) is 2.73. The average molecular weight is 485 g/mol. The molecule has 182 valence electrons. The van der Waals surface area contributed by atoms with E-state index in [0.717, 1.165) is 24.8 Å². The number of sulfonamides is 1. The molecule has 2 aromatic heterocycles. The van der Waals surface area contributed by atoms with Gasteiger partial charge in [0.15, 0.2) is 0 Å². The van der Waals surface area contributed by atoms with Gasteiger partial charge in [0, 0.05) is 19.2 Å². The monoisotopic (exact) mass is 484 g/mol. The van der Waals surface area contributed by atoms with Crippen LogP contribution in [0, 0.1) is 37.0 Å². The lowest BCUT2D eigenvalue weighted by atomic mass is 9.49. The molecule has 3 heterocycles. The van der Waals surface area contributed by atoms with Crippen LogP contribution in [0.1, 0.15) is 61.2 Å². The van der Waals surface area contributed by atoms with Crippen molar-refractivity contribution in [3.05, 3.63) is 29.0 Å². The Morgan fingerprint density at radius 2 is 1.74 bits per heavy atom. The van der Waals surface area contributed by atoms with E-state index in [9.17, 15) is 13.2 Å². The molecular weight excluding hydrogens is 452 g/mol. The number of anilines is 1. The van der Waals surface area contributed by atoms with Crippen LogP contribution >= 0.6 is 0 Å². The van der Waals surface area contributed by atoms with E-state index >= 15 is 0 Å². The number of carbonyl (C=O) groups is 1. The summed E-state index contributed by atoms with van der Waals surface area (Å²) in [5.74, 6) is 2.72. The van der Waals surface area contributed by atoms with E-state index in [4.69, 9.17) is 0 Å². The lowest BCUT2D eigenvalue weighted by Crippen LogP contribution is -2.52. The molecule has 4 fully saturated rings. The van der Waals surface area contributed by atoms with Gasteiger partial charge < -0.3 is 5.32 Å². The Morgan fingerprint density at radius 3 is 2.32 bits per heavy atom.